The first-order valence-corrected chi connectivity index (χ1v) is 9.04. The highest BCUT2D eigenvalue weighted by Crippen LogP contribution is 2.33. The van der Waals surface area contributed by atoms with Crippen LogP contribution in [0.3, 0.4) is 0 Å². The van der Waals surface area contributed by atoms with Crippen LogP contribution in [0.1, 0.15) is 17.3 Å². The maximum atomic E-state index is 12.9. The summed E-state index contributed by atoms with van der Waals surface area (Å²) < 4.78 is 7.47. The van der Waals surface area contributed by atoms with Gasteiger partial charge in [-0.2, -0.15) is 0 Å². The molecule has 2 aromatic heterocycles. The highest BCUT2D eigenvalue weighted by molar-refractivity contribution is 7.14. The molecule has 5 nitrogen and oxygen atoms in total. The van der Waals surface area contributed by atoms with Crippen LogP contribution in [0.25, 0.3) is 0 Å². The number of benzene rings is 1. The van der Waals surface area contributed by atoms with E-state index in [1.165, 1.54) is 11.3 Å². The van der Waals surface area contributed by atoms with Crippen LogP contribution in [-0.4, -0.2) is 29.2 Å². The number of methoxy groups -OCH3 is 1. The molecule has 0 fully saturated rings. The number of nitrogens with one attached hydrogen (secondary N) is 1. The minimum absolute atomic E-state index is 0.0734. The lowest BCUT2D eigenvalue weighted by Gasteiger charge is -2.37. The molecule has 2 amide bonds. The van der Waals surface area contributed by atoms with Crippen molar-refractivity contribution in [1.29, 1.82) is 0 Å². The zero-order valence-electron chi connectivity index (χ0n) is 13.9. The van der Waals surface area contributed by atoms with Crippen LogP contribution in [-0.2, 0) is 6.54 Å². The van der Waals surface area contributed by atoms with E-state index in [0.29, 0.717) is 6.54 Å². The van der Waals surface area contributed by atoms with Crippen LogP contribution in [0.2, 0.25) is 0 Å². The van der Waals surface area contributed by atoms with E-state index >= 15 is 0 Å². The number of carbonyl (C=O) groups is 1. The topological polar surface area (TPSA) is 46.5 Å². The van der Waals surface area contributed by atoms with E-state index in [2.05, 4.69) is 22.1 Å². The average Bonchev–Trinajstić information content (AvgIpc) is 3.32. The van der Waals surface area contributed by atoms with Gasteiger partial charge in [0.2, 0.25) is 0 Å². The monoisotopic (exact) mass is 353 g/mol. The summed E-state index contributed by atoms with van der Waals surface area (Å²) in [6.07, 6.45) is 2.07. The van der Waals surface area contributed by atoms with Gasteiger partial charge in [-0.25, -0.2) is 4.79 Å². The molecule has 1 N–H and O–H groups in total. The Balaban J connectivity index is 1.68. The lowest BCUT2D eigenvalue weighted by molar-refractivity contribution is 0.182. The zero-order chi connectivity index (χ0) is 17.2. The van der Waals surface area contributed by atoms with Crippen molar-refractivity contribution in [3.63, 3.8) is 0 Å². The molecular weight excluding hydrogens is 334 g/mol. The van der Waals surface area contributed by atoms with E-state index in [4.69, 9.17) is 4.74 Å². The zero-order valence-corrected chi connectivity index (χ0v) is 14.7. The first-order chi connectivity index (χ1) is 12.3. The third-order valence-electron chi connectivity index (χ3n) is 4.48. The number of thiophene rings is 1. The fourth-order valence-corrected chi connectivity index (χ4v) is 3.87. The first kappa shape index (κ1) is 15.8. The smallest absolute Gasteiger partial charge is 0.323 e. The molecule has 25 heavy (non-hydrogen) atoms. The number of rotatable bonds is 3. The van der Waals surface area contributed by atoms with Crippen LogP contribution in [0, 0.1) is 0 Å². The molecule has 1 aliphatic heterocycles. The van der Waals surface area contributed by atoms with Crippen LogP contribution in [0.5, 0.6) is 5.75 Å². The number of hydrogen-bond acceptors (Lipinski definition) is 3. The van der Waals surface area contributed by atoms with E-state index in [-0.39, 0.29) is 12.1 Å². The van der Waals surface area contributed by atoms with Crippen molar-refractivity contribution in [3.8, 4) is 5.75 Å². The molecular formula is C19H19N3O2S. The van der Waals surface area contributed by atoms with Gasteiger partial charge in [0.15, 0.2) is 0 Å². The summed E-state index contributed by atoms with van der Waals surface area (Å²) in [6, 6.07) is 15.7. The third kappa shape index (κ3) is 3.00. The number of urea groups is 1. The van der Waals surface area contributed by atoms with Crippen molar-refractivity contribution in [3.05, 3.63) is 71.4 Å². The molecule has 0 bridgehead atoms. The summed E-state index contributed by atoms with van der Waals surface area (Å²) >= 11 is 1.52. The molecule has 1 aromatic carbocycles. The van der Waals surface area contributed by atoms with Crippen molar-refractivity contribution in [1.82, 2.24) is 9.47 Å². The summed E-state index contributed by atoms with van der Waals surface area (Å²) in [7, 11) is 1.65. The highest BCUT2D eigenvalue weighted by atomic mass is 32.1. The molecule has 0 radical (unpaired) electrons. The number of anilines is 1. The SMILES string of the molecule is COc1ccc([C@@H]2c3cccn3CCN2C(=O)Nc2cccs2)cc1. The molecule has 0 unspecified atom stereocenters. The van der Waals surface area contributed by atoms with E-state index in [1.54, 1.807) is 7.11 Å². The summed E-state index contributed by atoms with van der Waals surface area (Å²) in [5, 5.41) is 5.83. The lowest BCUT2D eigenvalue weighted by atomic mass is 10.00. The van der Waals surface area contributed by atoms with Crippen LogP contribution in [0.4, 0.5) is 9.80 Å². The van der Waals surface area contributed by atoms with Crippen molar-refractivity contribution >= 4 is 22.4 Å². The number of amides is 2. The molecule has 3 heterocycles. The Morgan fingerprint density at radius 3 is 2.72 bits per heavy atom. The maximum absolute atomic E-state index is 12.9. The second kappa shape index (κ2) is 6.64. The van der Waals surface area contributed by atoms with Gasteiger partial charge in [0.25, 0.3) is 0 Å². The largest absolute Gasteiger partial charge is 0.497 e. The van der Waals surface area contributed by atoms with Crippen LogP contribution >= 0.6 is 11.3 Å². The summed E-state index contributed by atoms with van der Waals surface area (Å²) in [5.74, 6) is 0.810. The third-order valence-corrected chi connectivity index (χ3v) is 5.27. The van der Waals surface area contributed by atoms with Crippen molar-refractivity contribution in [2.75, 3.05) is 19.0 Å². The molecule has 4 rings (SSSR count). The Morgan fingerprint density at radius 1 is 1.16 bits per heavy atom. The van der Waals surface area contributed by atoms with E-state index in [1.807, 2.05) is 52.7 Å². The summed E-state index contributed by atoms with van der Waals surface area (Å²) in [4.78, 5) is 14.8. The molecule has 6 heteroatoms. The van der Waals surface area contributed by atoms with E-state index in [0.717, 1.165) is 28.6 Å². The molecule has 1 aliphatic rings. The van der Waals surface area contributed by atoms with Crippen molar-refractivity contribution < 1.29 is 9.53 Å². The standard InChI is InChI=1S/C19H19N3O2S/c1-24-15-8-6-14(7-9-15)18-16-4-2-10-21(16)11-12-22(18)19(23)20-17-5-3-13-25-17/h2-10,13,18H,11-12H2,1H3,(H,20,23)/t18-/m1/s1. The minimum Gasteiger partial charge on any atom is -0.497 e. The van der Waals surface area contributed by atoms with Gasteiger partial charge >= 0.3 is 6.03 Å². The van der Waals surface area contributed by atoms with Gasteiger partial charge in [0, 0.05) is 25.0 Å². The van der Waals surface area contributed by atoms with Gasteiger partial charge in [0.05, 0.1) is 18.2 Å². The normalized spacial score (nSPS) is 16.4. The Morgan fingerprint density at radius 2 is 2.00 bits per heavy atom. The molecule has 3 aromatic rings. The maximum Gasteiger partial charge on any atom is 0.323 e. The Bertz CT molecular complexity index is 855. The molecule has 0 saturated heterocycles. The van der Waals surface area contributed by atoms with Gasteiger partial charge in [-0.1, -0.05) is 12.1 Å². The number of aromatic nitrogens is 1. The lowest BCUT2D eigenvalue weighted by Crippen LogP contribution is -2.44. The predicted molar refractivity (Wildman–Crippen MR) is 99.3 cm³/mol. The quantitative estimate of drug-likeness (QED) is 0.767. The molecule has 0 saturated carbocycles. The Kier molecular flexibility index (Phi) is 4.19. The van der Waals surface area contributed by atoms with Crippen molar-refractivity contribution in [2.24, 2.45) is 0 Å². The first-order valence-electron chi connectivity index (χ1n) is 8.16. The second-order valence-electron chi connectivity index (χ2n) is 5.90. The van der Waals surface area contributed by atoms with Gasteiger partial charge in [-0.05, 0) is 47.3 Å². The predicted octanol–water partition coefficient (Wildman–Crippen LogP) is 4.20. The number of hydrogen-bond donors (Lipinski definition) is 1. The van der Waals surface area contributed by atoms with E-state index in [9.17, 15) is 4.79 Å². The molecule has 128 valence electrons. The number of carbonyl (C=O) groups excluding carboxylic acids is 1. The molecule has 0 spiro atoms. The van der Waals surface area contributed by atoms with E-state index < -0.39 is 0 Å². The Hall–Kier alpha value is -2.73. The highest BCUT2D eigenvalue weighted by Gasteiger charge is 2.32. The molecule has 0 aliphatic carbocycles. The van der Waals surface area contributed by atoms with Gasteiger partial charge in [0.1, 0.15) is 5.75 Å². The van der Waals surface area contributed by atoms with Crippen molar-refractivity contribution in [2.45, 2.75) is 12.6 Å². The minimum atomic E-state index is -0.116. The van der Waals surface area contributed by atoms with Crippen LogP contribution < -0.4 is 10.1 Å². The fraction of sp³-hybridized carbons (Fsp3) is 0.211. The summed E-state index contributed by atoms with van der Waals surface area (Å²) in [5.41, 5.74) is 2.19. The average molecular weight is 353 g/mol. The summed E-state index contributed by atoms with van der Waals surface area (Å²) in [6.45, 7) is 1.46. The van der Waals surface area contributed by atoms with Gasteiger partial charge < -0.3 is 14.2 Å². The molecule has 1 atom stereocenters. The number of nitrogens with zero attached hydrogens (tertiary/aromatic N) is 2. The Labute approximate surface area is 150 Å². The van der Waals surface area contributed by atoms with Gasteiger partial charge in [-0.3, -0.25) is 5.32 Å². The number of ether oxygens (including phenoxy) is 1. The van der Waals surface area contributed by atoms with Gasteiger partial charge in [-0.15, -0.1) is 11.3 Å². The van der Waals surface area contributed by atoms with Crippen LogP contribution in [0.15, 0.2) is 60.1 Å². The fourth-order valence-electron chi connectivity index (χ4n) is 3.27. The second-order valence-corrected chi connectivity index (χ2v) is 6.85. The number of fused-ring (bicyclic) bond motifs is 1.